The van der Waals surface area contributed by atoms with E-state index in [9.17, 15) is 9.18 Å². The van der Waals surface area contributed by atoms with E-state index in [-0.39, 0.29) is 17.5 Å². The van der Waals surface area contributed by atoms with E-state index in [0.717, 1.165) is 31.5 Å². The predicted octanol–water partition coefficient (Wildman–Crippen LogP) is 2.79. The monoisotopic (exact) mass is 315 g/mol. The molecule has 4 nitrogen and oxygen atoms in total. The normalized spacial score (nSPS) is 16.6. The molecule has 1 aromatic carbocycles. The summed E-state index contributed by atoms with van der Waals surface area (Å²) in [5.74, 6) is 0.524. The van der Waals surface area contributed by atoms with Gasteiger partial charge in [-0.1, -0.05) is 12.1 Å². The number of carbonyl (C=O) groups excluding carboxylic acids is 1. The second-order valence-electron chi connectivity index (χ2n) is 6.27. The Morgan fingerprint density at radius 1 is 1.35 bits per heavy atom. The van der Waals surface area contributed by atoms with E-state index in [4.69, 9.17) is 0 Å². The first-order valence-corrected chi connectivity index (χ1v) is 8.12. The number of carbonyl (C=O) groups is 1. The third-order valence-electron chi connectivity index (χ3n) is 4.56. The molecule has 1 aromatic heterocycles. The van der Waals surface area contributed by atoms with Gasteiger partial charge in [-0.05, 0) is 57.1 Å². The second kappa shape index (κ2) is 7.04. The Bertz CT molecular complexity index is 674. The highest BCUT2D eigenvalue weighted by Crippen LogP contribution is 2.20. The van der Waals surface area contributed by atoms with Crippen LogP contribution in [-0.4, -0.2) is 40.4 Å². The zero-order valence-electron chi connectivity index (χ0n) is 13.4. The Balaban J connectivity index is 1.66. The zero-order chi connectivity index (χ0) is 16.2. The lowest BCUT2D eigenvalue weighted by atomic mass is 9.92. The summed E-state index contributed by atoms with van der Waals surface area (Å²) >= 11 is 0. The number of Topliss-reactive ketones (excluding diaryl/α,β-unsaturated/α-hetero) is 1. The molecule has 1 saturated heterocycles. The Labute approximate surface area is 135 Å². The number of ketones is 1. The SMILES string of the molecule is CN1CCC(C(=O)c2nccn2CCc2cccc(F)c2)CC1. The highest BCUT2D eigenvalue weighted by atomic mass is 19.1. The van der Waals surface area contributed by atoms with Gasteiger partial charge in [-0.2, -0.15) is 0 Å². The maximum absolute atomic E-state index is 13.2. The molecule has 0 unspecified atom stereocenters. The van der Waals surface area contributed by atoms with Crippen molar-refractivity contribution in [2.24, 2.45) is 5.92 Å². The molecule has 5 heteroatoms. The highest BCUT2D eigenvalue weighted by molar-refractivity contribution is 5.94. The van der Waals surface area contributed by atoms with Crippen LogP contribution in [0.3, 0.4) is 0 Å². The van der Waals surface area contributed by atoms with Crippen molar-refractivity contribution in [1.82, 2.24) is 14.5 Å². The van der Waals surface area contributed by atoms with Crippen LogP contribution in [0, 0.1) is 11.7 Å². The number of hydrogen-bond donors (Lipinski definition) is 0. The number of imidazole rings is 1. The van der Waals surface area contributed by atoms with Crippen molar-refractivity contribution in [2.45, 2.75) is 25.8 Å². The minimum atomic E-state index is -0.226. The first-order chi connectivity index (χ1) is 11.1. The van der Waals surface area contributed by atoms with Crippen molar-refractivity contribution >= 4 is 5.78 Å². The van der Waals surface area contributed by atoms with E-state index >= 15 is 0 Å². The molecular formula is C18H22FN3O. The molecule has 23 heavy (non-hydrogen) atoms. The highest BCUT2D eigenvalue weighted by Gasteiger charge is 2.27. The van der Waals surface area contributed by atoms with Gasteiger partial charge in [0.2, 0.25) is 5.78 Å². The van der Waals surface area contributed by atoms with Gasteiger partial charge < -0.3 is 9.47 Å². The third kappa shape index (κ3) is 3.85. The molecule has 0 saturated carbocycles. The van der Waals surface area contributed by atoms with Crippen molar-refractivity contribution in [3.63, 3.8) is 0 Å². The van der Waals surface area contributed by atoms with Crippen LogP contribution in [-0.2, 0) is 13.0 Å². The van der Waals surface area contributed by atoms with Crippen LogP contribution >= 0.6 is 0 Å². The van der Waals surface area contributed by atoms with E-state index in [0.29, 0.717) is 18.8 Å². The lowest BCUT2D eigenvalue weighted by Gasteiger charge is -2.27. The van der Waals surface area contributed by atoms with Gasteiger partial charge in [-0.3, -0.25) is 4.79 Å². The fourth-order valence-electron chi connectivity index (χ4n) is 3.11. The first-order valence-electron chi connectivity index (χ1n) is 8.12. The minimum absolute atomic E-state index is 0.0709. The van der Waals surface area contributed by atoms with Crippen molar-refractivity contribution < 1.29 is 9.18 Å². The maximum atomic E-state index is 13.2. The average Bonchev–Trinajstić information content (AvgIpc) is 3.01. The van der Waals surface area contributed by atoms with Crippen LogP contribution < -0.4 is 0 Å². The Morgan fingerprint density at radius 3 is 2.87 bits per heavy atom. The summed E-state index contributed by atoms with van der Waals surface area (Å²) in [5.41, 5.74) is 0.927. The topological polar surface area (TPSA) is 38.1 Å². The van der Waals surface area contributed by atoms with Crippen LogP contribution in [0.25, 0.3) is 0 Å². The summed E-state index contributed by atoms with van der Waals surface area (Å²) < 4.78 is 15.1. The quantitative estimate of drug-likeness (QED) is 0.796. The summed E-state index contributed by atoms with van der Waals surface area (Å²) in [6.45, 7) is 2.55. The standard InChI is InChI=1S/C18H22FN3O/c1-21-9-6-15(7-10-21)17(23)18-20-8-12-22(18)11-5-14-3-2-4-16(19)13-14/h2-4,8,12-13,15H,5-7,9-11H2,1H3. The van der Waals surface area contributed by atoms with Crippen molar-refractivity contribution in [2.75, 3.05) is 20.1 Å². The molecule has 0 radical (unpaired) electrons. The number of aromatic nitrogens is 2. The predicted molar refractivity (Wildman–Crippen MR) is 86.9 cm³/mol. The number of halogens is 1. The van der Waals surface area contributed by atoms with Gasteiger partial charge in [0.15, 0.2) is 5.82 Å². The minimum Gasteiger partial charge on any atom is -0.328 e. The molecule has 0 amide bonds. The fraction of sp³-hybridized carbons (Fsp3) is 0.444. The van der Waals surface area contributed by atoms with E-state index in [2.05, 4.69) is 16.9 Å². The Kier molecular flexibility index (Phi) is 4.86. The Morgan fingerprint density at radius 2 is 2.13 bits per heavy atom. The second-order valence-corrected chi connectivity index (χ2v) is 6.27. The fourth-order valence-corrected chi connectivity index (χ4v) is 3.11. The molecule has 1 aliphatic rings. The van der Waals surface area contributed by atoms with E-state index < -0.39 is 0 Å². The molecule has 2 aromatic rings. The summed E-state index contributed by atoms with van der Waals surface area (Å²) in [6.07, 6.45) is 5.98. The summed E-state index contributed by atoms with van der Waals surface area (Å²) in [4.78, 5) is 19.2. The third-order valence-corrected chi connectivity index (χ3v) is 4.56. The lowest BCUT2D eigenvalue weighted by molar-refractivity contribution is 0.0841. The Hall–Kier alpha value is -2.01. The number of hydrogen-bond acceptors (Lipinski definition) is 3. The van der Waals surface area contributed by atoms with Gasteiger partial charge in [-0.15, -0.1) is 0 Å². The van der Waals surface area contributed by atoms with Crippen LogP contribution in [0.5, 0.6) is 0 Å². The number of benzene rings is 1. The lowest BCUT2D eigenvalue weighted by Crippen LogP contribution is -2.34. The molecule has 1 aliphatic heterocycles. The van der Waals surface area contributed by atoms with Crippen LogP contribution in [0.4, 0.5) is 4.39 Å². The largest absolute Gasteiger partial charge is 0.328 e. The molecular weight excluding hydrogens is 293 g/mol. The van der Waals surface area contributed by atoms with Gasteiger partial charge in [0.1, 0.15) is 5.82 Å². The number of aryl methyl sites for hydroxylation is 2. The van der Waals surface area contributed by atoms with E-state index in [1.807, 2.05) is 16.8 Å². The zero-order valence-corrected chi connectivity index (χ0v) is 13.4. The summed E-state index contributed by atoms with van der Waals surface area (Å²) in [5, 5.41) is 0. The van der Waals surface area contributed by atoms with Crippen molar-refractivity contribution in [1.29, 1.82) is 0 Å². The van der Waals surface area contributed by atoms with Gasteiger partial charge >= 0.3 is 0 Å². The number of likely N-dealkylation sites (tertiary alicyclic amines) is 1. The van der Waals surface area contributed by atoms with Gasteiger partial charge in [0, 0.05) is 24.9 Å². The summed E-state index contributed by atoms with van der Waals surface area (Å²) in [6, 6.07) is 6.59. The smallest absolute Gasteiger partial charge is 0.201 e. The molecule has 0 aliphatic carbocycles. The molecule has 0 N–H and O–H groups in total. The van der Waals surface area contributed by atoms with Gasteiger partial charge in [0.05, 0.1) is 0 Å². The van der Waals surface area contributed by atoms with Gasteiger partial charge in [0.25, 0.3) is 0 Å². The van der Waals surface area contributed by atoms with E-state index in [1.165, 1.54) is 12.1 Å². The molecule has 3 rings (SSSR count). The molecule has 2 heterocycles. The van der Waals surface area contributed by atoms with Gasteiger partial charge in [-0.25, -0.2) is 9.37 Å². The molecule has 1 fully saturated rings. The summed E-state index contributed by atoms with van der Waals surface area (Å²) in [7, 11) is 2.08. The van der Waals surface area contributed by atoms with Crippen molar-refractivity contribution in [3.8, 4) is 0 Å². The maximum Gasteiger partial charge on any atom is 0.201 e. The van der Waals surface area contributed by atoms with Crippen LogP contribution in [0.1, 0.15) is 29.0 Å². The molecule has 122 valence electrons. The molecule has 0 bridgehead atoms. The van der Waals surface area contributed by atoms with Crippen LogP contribution in [0.2, 0.25) is 0 Å². The van der Waals surface area contributed by atoms with Crippen LogP contribution in [0.15, 0.2) is 36.7 Å². The number of rotatable bonds is 5. The first kappa shape index (κ1) is 15.9. The molecule has 0 atom stereocenters. The number of nitrogens with zero attached hydrogens (tertiary/aromatic N) is 3. The average molecular weight is 315 g/mol. The molecule has 0 spiro atoms. The van der Waals surface area contributed by atoms with Crippen molar-refractivity contribution in [3.05, 3.63) is 53.9 Å². The van der Waals surface area contributed by atoms with E-state index in [1.54, 1.807) is 12.3 Å². The number of piperidine rings is 1.